The normalized spacial score (nSPS) is 16.2. The molecule has 3 nitrogen and oxygen atoms in total. The molecule has 0 bridgehead atoms. The van der Waals surface area contributed by atoms with Crippen molar-refractivity contribution in [2.45, 2.75) is 58.9 Å². The van der Waals surface area contributed by atoms with Gasteiger partial charge in [-0.25, -0.2) is 4.98 Å². The van der Waals surface area contributed by atoms with E-state index in [0.717, 1.165) is 11.5 Å². The zero-order chi connectivity index (χ0) is 11.8. The van der Waals surface area contributed by atoms with E-state index in [2.05, 4.69) is 15.3 Å². The maximum Gasteiger partial charge on any atom is 0.145 e. The Morgan fingerprint density at radius 3 is 2.44 bits per heavy atom. The van der Waals surface area contributed by atoms with Crippen LogP contribution in [0.25, 0.3) is 0 Å². The molecule has 1 fully saturated rings. The van der Waals surface area contributed by atoms with Crippen molar-refractivity contribution in [2.75, 3.05) is 5.32 Å². The van der Waals surface area contributed by atoms with Gasteiger partial charge in [0, 0.05) is 12.2 Å². The van der Waals surface area contributed by atoms with E-state index < -0.39 is 0 Å². The van der Waals surface area contributed by atoms with Gasteiger partial charge in [-0.2, -0.15) is 0 Å². The second-order valence-electron chi connectivity index (χ2n) is 4.02. The van der Waals surface area contributed by atoms with Crippen molar-refractivity contribution in [2.24, 2.45) is 0 Å². The molecule has 1 aliphatic rings. The molecule has 3 heteroatoms. The van der Waals surface area contributed by atoms with Crippen molar-refractivity contribution in [3.63, 3.8) is 0 Å². The van der Waals surface area contributed by atoms with Gasteiger partial charge in [0.05, 0.1) is 11.9 Å². The highest BCUT2D eigenvalue weighted by Crippen LogP contribution is 2.20. The van der Waals surface area contributed by atoms with E-state index in [4.69, 9.17) is 0 Å². The lowest BCUT2D eigenvalue weighted by Gasteiger charge is -2.23. The van der Waals surface area contributed by atoms with Crippen molar-refractivity contribution in [3.8, 4) is 0 Å². The number of nitrogens with zero attached hydrogens (tertiary/aromatic N) is 2. The van der Waals surface area contributed by atoms with Crippen LogP contribution in [0.2, 0.25) is 0 Å². The lowest BCUT2D eigenvalue weighted by atomic mass is 9.96. The van der Waals surface area contributed by atoms with Crippen LogP contribution in [-0.2, 0) is 0 Å². The molecule has 2 rings (SSSR count). The van der Waals surface area contributed by atoms with Gasteiger partial charge < -0.3 is 5.32 Å². The SMILES string of the molecule is CC.Cc1cncc(NC2CCCCC2)n1. The molecule has 90 valence electrons. The third-order valence-corrected chi connectivity index (χ3v) is 2.71. The molecule has 0 amide bonds. The molecule has 0 unspecified atom stereocenters. The number of hydrogen-bond acceptors (Lipinski definition) is 3. The first-order valence-electron chi connectivity index (χ1n) is 6.40. The predicted molar refractivity (Wildman–Crippen MR) is 68.6 cm³/mol. The van der Waals surface area contributed by atoms with E-state index in [-0.39, 0.29) is 0 Å². The van der Waals surface area contributed by atoms with Crippen LogP contribution in [-0.4, -0.2) is 16.0 Å². The number of anilines is 1. The van der Waals surface area contributed by atoms with Crippen LogP contribution in [0, 0.1) is 6.92 Å². The molecule has 0 radical (unpaired) electrons. The van der Waals surface area contributed by atoms with Crippen molar-refractivity contribution >= 4 is 5.82 Å². The maximum atomic E-state index is 4.39. The molecule has 0 spiro atoms. The summed E-state index contributed by atoms with van der Waals surface area (Å²) in [6.07, 6.45) is 10.2. The third-order valence-electron chi connectivity index (χ3n) is 2.71. The van der Waals surface area contributed by atoms with E-state index in [1.165, 1.54) is 32.1 Å². The Morgan fingerprint density at radius 2 is 1.81 bits per heavy atom. The van der Waals surface area contributed by atoms with Crippen LogP contribution in [0.3, 0.4) is 0 Å². The van der Waals surface area contributed by atoms with Gasteiger partial charge in [0.15, 0.2) is 0 Å². The minimum Gasteiger partial charge on any atom is -0.366 e. The first-order valence-corrected chi connectivity index (χ1v) is 6.40. The molecule has 1 aromatic rings. The van der Waals surface area contributed by atoms with Crippen LogP contribution in [0.5, 0.6) is 0 Å². The molecular formula is C13H23N3. The van der Waals surface area contributed by atoms with Gasteiger partial charge >= 0.3 is 0 Å². The summed E-state index contributed by atoms with van der Waals surface area (Å²) in [5, 5.41) is 3.45. The van der Waals surface area contributed by atoms with E-state index in [0.29, 0.717) is 6.04 Å². The molecule has 1 aromatic heterocycles. The highest BCUT2D eigenvalue weighted by molar-refractivity contribution is 5.32. The zero-order valence-corrected chi connectivity index (χ0v) is 10.7. The Hall–Kier alpha value is -1.12. The van der Waals surface area contributed by atoms with Gasteiger partial charge in [0.1, 0.15) is 5.82 Å². The fourth-order valence-electron chi connectivity index (χ4n) is 1.99. The second-order valence-corrected chi connectivity index (χ2v) is 4.02. The zero-order valence-electron chi connectivity index (χ0n) is 10.7. The van der Waals surface area contributed by atoms with E-state index in [1.807, 2.05) is 27.0 Å². The van der Waals surface area contributed by atoms with E-state index >= 15 is 0 Å². The Bertz CT molecular complexity index is 293. The Labute approximate surface area is 98.7 Å². The number of rotatable bonds is 2. The van der Waals surface area contributed by atoms with Crippen molar-refractivity contribution < 1.29 is 0 Å². The molecule has 0 atom stereocenters. The molecule has 1 aliphatic carbocycles. The van der Waals surface area contributed by atoms with Crippen LogP contribution in [0.15, 0.2) is 12.4 Å². The van der Waals surface area contributed by atoms with Crippen LogP contribution < -0.4 is 5.32 Å². The summed E-state index contributed by atoms with van der Waals surface area (Å²) in [6, 6.07) is 0.611. The van der Waals surface area contributed by atoms with Crippen LogP contribution in [0.1, 0.15) is 51.6 Å². The van der Waals surface area contributed by atoms with Gasteiger partial charge in [-0.05, 0) is 19.8 Å². The lowest BCUT2D eigenvalue weighted by Crippen LogP contribution is -2.22. The van der Waals surface area contributed by atoms with Crippen molar-refractivity contribution in [1.29, 1.82) is 0 Å². The molecular weight excluding hydrogens is 198 g/mol. The molecule has 1 saturated carbocycles. The van der Waals surface area contributed by atoms with Crippen LogP contribution >= 0.6 is 0 Å². The van der Waals surface area contributed by atoms with Gasteiger partial charge in [-0.1, -0.05) is 33.1 Å². The molecule has 1 heterocycles. The molecule has 16 heavy (non-hydrogen) atoms. The fraction of sp³-hybridized carbons (Fsp3) is 0.692. The summed E-state index contributed by atoms with van der Waals surface area (Å²) in [7, 11) is 0. The highest BCUT2D eigenvalue weighted by Gasteiger charge is 2.13. The summed E-state index contributed by atoms with van der Waals surface area (Å²) in [6.45, 7) is 5.97. The Kier molecular flexibility index (Phi) is 5.83. The lowest BCUT2D eigenvalue weighted by molar-refractivity contribution is 0.461. The van der Waals surface area contributed by atoms with Gasteiger partial charge in [0.2, 0.25) is 0 Å². The van der Waals surface area contributed by atoms with Gasteiger partial charge in [0.25, 0.3) is 0 Å². The number of aromatic nitrogens is 2. The summed E-state index contributed by atoms with van der Waals surface area (Å²) >= 11 is 0. The topological polar surface area (TPSA) is 37.8 Å². The third kappa shape index (κ3) is 4.17. The smallest absolute Gasteiger partial charge is 0.145 e. The standard InChI is InChI=1S/C11H17N3.C2H6/c1-9-7-12-8-11(13-9)14-10-5-3-2-4-6-10;1-2/h7-8,10H,2-6H2,1H3,(H,13,14);1-2H3. The first-order chi connectivity index (χ1) is 7.84. The second kappa shape index (κ2) is 7.20. The summed E-state index contributed by atoms with van der Waals surface area (Å²) in [5.41, 5.74) is 0.978. The Balaban J connectivity index is 0.000000606. The van der Waals surface area contributed by atoms with Gasteiger partial charge in [-0.3, -0.25) is 4.98 Å². The van der Waals surface area contributed by atoms with E-state index in [1.54, 1.807) is 6.20 Å². The number of hydrogen-bond donors (Lipinski definition) is 1. The predicted octanol–water partition coefficient (Wildman–Crippen LogP) is 3.56. The Morgan fingerprint density at radius 1 is 1.12 bits per heavy atom. The molecule has 0 saturated heterocycles. The minimum atomic E-state index is 0.611. The minimum absolute atomic E-state index is 0.611. The average molecular weight is 221 g/mol. The summed E-state index contributed by atoms with van der Waals surface area (Å²) < 4.78 is 0. The average Bonchev–Trinajstić information content (AvgIpc) is 2.33. The number of nitrogens with one attached hydrogen (secondary N) is 1. The van der Waals surface area contributed by atoms with Crippen LogP contribution in [0.4, 0.5) is 5.82 Å². The van der Waals surface area contributed by atoms with Crippen molar-refractivity contribution in [1.82, 2.24) is 9.97 Å². The molecule has 0 aromatic carbocycles. The quantitative estimate of drug-likeness (QED) is 0.829. The summed E-state index contributed by atoms with van der Waals surface area (Å²) in [5.74, 6) is 0.928. The maximum absolute atomic E-state index is 4.39. The molecule has 0 aliphatic heterocycles. The number of aryl methyl sites for hydroxylation is 1. The first kappa shape index (κ1) is 12.9. The van der Waals surface area contributed by atoms with E-state index in [9.17, 15) is 0 Å². The monoisotopic (exact) mass is 221 g/mol. The summed E-state index contributed by atoms with van der Waals surface area (Å²) in [4.78, 5) is 8.52. The fourth-order valence-corrected chi connectivity index (χ4v) is 1.99. The highest BCUT2D eigenvalue weighted by atomic mass is 15.0. The largest absolute Gasteiger partial charge is 0.366 e. The van der Waals surface area contributed by atoms with Crippen molar-refractivity contribution in [3.05, 3.63) is 18.1 Å². The molecule has 1 N–H and O–H groups in total. The van der Waals surface area contributed by atoms with Gasteiger partial charge in [-0.15, -0.1) is 0 Å².